The number of benzene rings is 3. The lowest BCUT2D eigenvalue weighted by atomic mass is 10.0. The first-order valence-electron chi connectivity index (χ1n) is 11.3. The van der Waals surface area contributed by atoms with Crippen LogP contribution in [0, 0.1) is 0 Å². The molecule has 5 nitrogen and oxygen atoms in total. The van der Waals surface area contributed by atoms with E-state index in [4.69, 9.17) is 0 Å². The van der Waals surface area contributed by atoms with Gasteiger partial charge in [-0.05, 0) is 28.8 Å². The van der Waals surface area contributed by atoms with Crippen LogP contribution in [0.1, 0.15) is 5.56 Å². The summed E-state index contributed by atoms with van der Waals surface area (Å²) in [5, 5.41) is 8.81. The highest BCUT2D eigenvalue weighted by atomic mass is 16.2. The van der Waals surface area contributed by atoms with Crippen LogP contribution in [0.5, 0.6) is 0 Å². The summed E-state index contributed by atoms with van der Waals surface area (Å²) < 4.78 is 0. The van der Waals surface area contributed by atoms with E-state index in [1.807, 2.05) is 65.6 Å². The highest BCUT2D eigenvalue weighted by molar-refractivity contribution is 5.79. The van der Waals surface area contributed by atoms with Crippen molar-refractivity contribution in [1.82, 2.24) is 15.1 Å². The average molecular weight is 435 g/mol. The SMILES string of the molecule is O=C(Cc1ccc(-c2ccccc2)cc1)N1CCN(c2ccc(-c3ccccc3)nn2)CC1. The Bertz CT molecular complexity index is 1180. The zero-order chi connectivity index (χ0) is 22.5. The Morgan fingerprint density at radius 1 is 0.636 bits per heavy atom. The minimum absolute atomic E-state index is 0.174. The molecular formula is C28H26N4O. The van der Waals surface area contributed by atoms with Gasteiger partial charge in [0.05, 0.1) is 12.1 Å². The summed E-state index contributed by atoms with van der Waals surface area (Å²) in [5.41, 5.74) is 5.32. The molecule has 1 amide bonds. The van der Waals surface area contributed by atoms with Gasteiger partial charge in [0.25, 0.3) is 0 Å². The van der Waals surface area contributed by atoms with E-state index in [9.17, 15) is 4.79 Å². The summed E-state index contributed by atoms with van der Waals surface area (Å²) in [4.78, 5) is 17.0. The number of anilines is 1. The van der Waals surface area contributed by atoms with Crippen molar-refractivity contribution in [3.63, 3.8) is 0 Å². The molecule has 2 heterocycles. The molecular weight excluding hydrogens is 408 g/mol. The largest absolute Gasteiger partial charge is 0.352 e. The molecule has 0 aliphatic carbocycles. The van der Waals surface area contributed by atoms with Crippen LogP contribution in [0.15, 0.2) is 97.1 Å². The van der Waals surface area contributed by atoms with Crippen molar-refractivity contribution < 1.29 is 4.79 Å². The van der Waals surface area contributed by atoms with Gasteiger partial charge in [-0.25, -0.2) is 0 Å². The topological polar surface area (TPSA) is 49.3 Å². The zero-order valence-electron chi connectivity index (χ0n) is 18.5. The van der Waals surface area contributed by atoms with Crippen molar-refractivity contribution in [2.45, 2.75) is 6.42 Å². The van der Waals surface area contributed by atoms with Gasteiger partial charge in [0.15, 0.2) is 5.82 Å². The Kier molecular flexibility index (Phi) is 6.11. The first-order valence-corrected chi connectivity index (χ1v) is 11.3. The fourth-order valence-corrected chi connectivity index (χ4v) is 4.17. The molecule has 0 bridgehead atoms. The first kappa shape index (κ1) is 20.9. The van der Waals surface area contributed by atoms with Crippen LogP contribution < -0.4 is 4.90 Å². The molecule has 1 aromatic heterocycles. The van der Waals surface area contributed by atoms with Crippen LogP contribution in [0.2, 0.25) is 0 Å². The van der Waals surface area contributed by atoms with Crippen LogP contribution >= 0.6 is 0 Å². The Morgan fingerprint density at radius 2 is 1.24 bits per heavy atom. The van der Waals surface area contributed by atoms with E-state index in [1.165, 1.54) is 11.1 Å². The number of hydrogen-bond acceptors (Lipinski definition) is 4. The lowest BCUT2D eigenvalue weighted by Gasteiger charge is -2.35. The van der Waals surface area contributed by atoms with Gasteiger partial charge in [0.2, 0.25) is 5.91 Å². The van der Waals surface area contributed by atoms with E-state index < -0.39 is 0 Å². The summed E-state index contributed by atoms with van der Waals surface area (Å²) in [5.74, 6) is 1.03. The van der Waals surface area contributed by atoms with E-state index in [-0.39, 0.29) is 5.91 Å². The molecule has 0 atom stereocenters. The molecule has 0 unspecified atom stereocenters. The third kappa shape index (κ3) is 4.93. The molecule has 0 spiro atoms. The van der Waals surface area contributed by atoms with Gasteiger partial charge in [0, 0.05) is 31.7 Å². The van der Waals surface area contributed by atoms with E-state index in [0.29, 0.717) is 19.5 Å². The van der Waals surface area contributed by atoms with Gasteiger partial charge in [-0.1, -0.05) is 84.9 Å². The van der Waals surface area contributed by atoms with Crippen LogP contribution in [-0.4, -0.2) is 47.2 Å². The molecule has 5 heteroatoms. The molecule has 0 radical (unpaired) electrons. The van der Waals surface area contributed by atoms with E-state index >= 15 is 0 Å². The summed E-state index contributed by atoms with van der Waals surface area (Å²) in [6.07, 6.45) is 0.431. The molecule has 1 aliphatic heterocycles. The average Bonchev–Trinajstić information content (AvgIpc) is 2.90. The van der Waals surface area contributed by atoms with Crippen LogP contribution in [0.25, 0.3) is 22.4 Å². The van der Waals surface area contributed by atoms with Crippen molar-refractivity contribution >= 4 is 11.7 Å². The number of carbonyl (C=O) groups excluding carboxylic acids is 1. The molecule has 4 aromatic rings. The molecule has 1 fully saturated rings. The molecule has 1 aliphatic rings. The van der Waals surface area contributed by atoms with Crippen molar-refractivity contribution in [2.75, 3.05) is 31.1 Å². The minimum Gasteiger partial charge on any atom is -0.352 e. The number of amides is 1. The van der Waals surface area contributed by atoms with E-state index in [0.717, 1.165) is 35.7 Å². The highest BCUT2D eigenvalue weighted by Gasteiger charge is 2.22. The number of hydrogen-bond donors (Lipinski definition) is 0. The Labute approximate surface area is 194 Å². The molecule has 3 aromatic carbocycles. The molecule has 5 rings (SSSR count). The summed E-state index contributed by atoms with van der Waals surface area (Å²) in [6.45, 7) is 2.92. The summed E-state index contributed by atoms with van der Waals surface area (Å²) in [6, 6.07) is 32.7. The lowest BCUT2D eigenvalue weighted by Crippen LogP contribution is -2.49. The number of nitrogens with zero attached hydrogens (tertiary/aromatic N) is 4. The second kappa shape index (κ2) is 9.65. The number of piperazine rings is 1. The van der Waals surface area contributed by atoms with Gasteiger partial charge >= 0.3 is 0 Å². The van der Waals surface area contributed by atoms with Crippen LogP contribution in [0.3, 0.4) is 0 Å². The first-order chi connectivity index (χ1) is 16.3. The normalized spacial score (nSPS) is 13.7. The molecule has 33 heavy (non-hydrogen) atoms. The number of aromatic nitrogens is 2. The fraction of sp³-hybridized carbons (Fsp3) is 0.179. The van der Waals surface area contributed by atoms with Crippen molar-refractivity contribution in [1.29, 1.82) is 0 Å². The van der Waals surface area contributed by atoms with Crippen molar-refractivity contribution in [3.8, 4) is 22.4 Å². The molecule has 1 saturated heterocycles. The van der Waals surface area contributed by atoms with Crippen molar-refractivity contribution in [2.24, 2.45) is 0 Å². The third-order valence-corrected chi connectivity index (χ3v) is 6.09. The standard InChI is InChI=1S/C28H26N4O/c33-28(21-22-11-13-24(14-12-22)23-7-3-1-4-8-23)32-19-17-31(18-20-32)27-16-15-26(29-30-27)25-9-5-2-6-10-25/h1-16H,17-21H2. The number of carbonyl (C=O) groups is 1. The minimum atomic E-state index is 0.174. The van der Waals surface area contributed by atoms with Gasteiger partial charge in [-0.2, -0.15) is 0 Å². The Hall–Kier alpha value is -3.99. The quantitative estimate of drug-likeness (QED) is 0.457. The fourth-order valence-electron chi connectivity index (χ4n) is 4.17. The third-order valence-electron chi connectivity index (χ3n) is 6.09. The predicted molar refractivity (Wildman–Crippen MR) is 132 cm³/mol. The predicted octanol–water partition coefficient (Wildman–Crippen LogP) is 4.70. The Balaban J connectivity index is 1.15. The number of rotatable bonds is 5. The second-order valence-electron chi connectivity index (χ2n) is 8.25. The second-order valence-corrected chi connectivity index (χ2v) is 8.25. The lowest BCUT2D eigenvalue weighted by molar-refractivity contribution is -0.130. The van der Waals surface area contributed by atoms with Crippen LogP contribution in [-0.2, 0) is 11.2 Å². The summed E-state index contributed by atoms with van der Waals surface area (Å²) in [7, 11) is 0. The van der Waals surface area contributed by atoms with E-state index in [2.05, 4.69) is 51.5 Å². The van der Waals surface area contributed by atoms with Gasteiger partial charge in [-0.15, -0.1) is 10.2 Å². The Morgan fingerprint density at radius 3 is 1.85 bits per heavy atom. The maximum Gasteiger partial charge on any atom is 0.227 e. The maximum absolute atomic E-state index is 12.8. The molecule has 0 N–H and O–H groups in total. The van der Waals surface area contributed by atoms with Crippen molar-refractivity contribution in [3.05, 3.63) is 103 Å². The molecule has 164 valence electrons. The molecule has 0 saturated carbocycles. The highest BCUT2D eigenvalue weighted by Crippen LogP contribution is 2.21. The summed E-state index contributed by atoms with van der Waals surface area (Å²) >= 11 is 0. The van der Waals surface area contributed by atoms with Gasteiger partial charge in [-0.3, -0.25) is 4.79 Å². The van der Waals surface area contributed by atoms with Crippen LogP contribution in [0.4, 0.5) is 5.82 Å². The smallest absolute Gasteiger partial charge is 0.227 e. The van der Waals surface area contributed by atoms with E-state index in [1.54, 1.807) is 0 Å². The van der Waals surface area contributed by atoms with Gasteiger partial charge in [0.1, 0.15) is 0 Å². The zero-order valence-corrected chi connectivity index (χ0v) is 18.5. The van der Waals surface area contributed by atoms with Gasteiger partial charge < -0.3 is 9.80 Å². The monoisotopic (exact) mass is 434 g/mol. The maximum atomic E-state index is 12.8.